The zero-order chi connectivity index (χ0) is 12.4. The van der Waals surface area contributed by atoms with Crippen molar-refractivity contribution in [3.63, 3.8) is 0 Å². The number of carboxylic acids is 1. The largest absolute Gasteiger partial charge is 0.493 e. The van der Waals surface area contributed by atoms with E-state index in [1.807, 2.05) is 0 Å². The molecule has 1 aromatic heterocycles. The fourth-order valence-corrected chi connectivity index (χ4v) is 1.47. The Kier molecular flexibility index (Phi) is 2.78. The fraction of sp³-hybridized carbons (Fsp3) is 0.182. The Morgan fingerprint density at radius 1 is 1.12 bits per heavy atom. The average Bonchev–Trinajstić information content (AvgIpc) is 2.36. The molecule has 0 spiro atoms. The summed E-state index contributed by atoms with van der Waals surface area (Å²) in [6.07, 6.45) is 0. The van der Waals surface area contributed by atoms with E-state index in [2.05, 4.69) is 10.2 Å². The van der Waals surface area contributed by atoms with Gasteiger partial charge in [0.15, 0.2) is 17.2 Å². The first-order valence-corrected chi connectivity index (χ1v) is 4.78. The fourth-order valence-electron chi connectivity index (χ4n) is 1.47. The quantitative estimate of drug-likeness (QED) is 0.863. The number of ether oxygens (including phenoxy) is 2. The molecule has 6 nitrogen and oxygen atoms in total. The average molecular weight is 234 g/mol. The molecule has 0 aliphatic carbocycles. The molecule has 0 radical (unpaired) electrons. The molecule has 88 valence electrons. The summed E-state index contributed by atoms with van der Waals surface area (Å²) in [4.78, 5) is 10.8. The predicted molar refractivity (Wildman–Crippen MR) is 59.6 cm³/mol. The maximum absolute atomic E-state index is 10.8. The number of rotatable bonds is 3. The van der Waals surface area contributed by atoms with E-state index < -0.39 is 5.97 Å². The van der Waals surface area contributed by atoms with Gasteiger partial charge in [0.05, 0.1) is 19.7 Å². The van der Waals surface area contributed by atoms with Crippen LogP contribution in [0.4, 0.5) is 0 Å². The Labute approximate surface area is 96.8 Å². The molecule has 1 heterocycles. The van der Waals surface area contributed by atoms with Gasteiger partial charge < -0.3 is 14.6 Å². The molecule has 2 aromatic rings. The highest BCUT2D eigenvalue weighted by Crippen LogP contribution is 2.31. The third kappa shape index (κ3) is 1.96. The topological polar surface area (TPSA) is 81.5 Å². The maximum atomic E-state index is 10.8. The molecule has 0 aliphatic rings. The second-order valence-electron chi connectivity index (χ2n) is 3.30. The number of aromatic nitrogens is 2. The van der Waals surface area contributed by atoms with Gasteiger partial charge in [0, 0.05) is 11.5 Å². The van der Waals surface area contributed by atoms with Gasteiger partial charge in [-0.15, -0.1) is 10.2 Å². The molecular weight excluding hydrogens is 224 g/mol. The molecule has 0 amide bonds. The second-order valence-corrected chi connectivity index (χ2v) is 3.30. The highest BCUT2D eigenvalue weighted by molar-refractivity contribution is 5.91. The molecule has 2 rings (SSSR count). The lowest BCUT2D eigenvalue weighted by Gasteiger charge is -2.08. The summed E-state index contributed by atoms with van der Waals surface area (Å²) >= 11 is 0. The highest BCUT2D eigenvalue weighted by atomic mass is 16.5. The molecule has 0 unspecified atom stereocenters. The number of fused-ring (bicyclic) bond motifs is 1. The molecule has 0 fully saturated rings. The van der Waals surface area contributed by atoms with Crippen LogP contribution in [-0.2, 0) is 0 Å². The van der Waals surface area contributed by atoms with Crippen molar-refractivity contribution in [2.75, 3.05) is 14.2 Å². The summed E-state index contributed by atoms with van der Waals surface area (Å²) in [7, 11) is 3.03. The number of benzene rings is 1. The van der Waals surface area contributed by atoms with Crippen molar-refractivity contribution in [1.29, 1.82) is 0 Å². The third-order valence-electron chi connectivity index (χ3n) is 2.31. The Bertz CT molecular complexity index is 583. The molecule has 17 heavy (non-hydrogen) atoms. The van der Waals surface area contributed by atoms with Crippen LogP contribution in [0.5, 0.6) is 11.5 Å². The minimum atomic E-state index is -1.12. The van der Waals surface area contributed by atoms with Gasteiger partial charge in [-0.1, -0.05) is 0 Å². The van der Waals surface area contributed by atoms with Gasteiger partial charge in [-0.3, -0.25) is 0 Å². The van der Waals surface area contributed by atoms with E-state index in [1.165, 1.54) is 20.3 Å². The molecule has 1 aromatic carbocycles. The highest BCUT2D eigenvalue weighted by Gasteiger charge is 2.10. The summed E-state index contributed by atoms with van der Waals surface area (Å²) in [5.74, 6) is -0.0732. The molecule has 0 aliphatic heterocycles. The van der Waals surface area contributed by atoms with Crippen molar-refractivity contribution in [2.45, 2.75) is 0 Å². The van der Waals surface area contributed by atoms with E-state index in [9.17, 15) is 4.79 Å². The van der Waals surface area contributed by atoms with Crippen LogP contribution in [0, 0.1) is 0 Å². The first-order chi connectivity index (χ1) is 8.15. The van der Waals surface area contributed by atoms with Gasteiger partial charge in [-0.05, 0) is 12.1 Å². The van der Waals surface area contributed by atoms with Crippen molar-refractivity contribution in [3.8, 4) is 11.5 Å². The zero-order valence-corrected chi connectivity index (χ0v) is 9.30. The van der Waals surface area contributed by atoms with Crippen LogP contribution in [0.3, 0.4) is 0 Å². The van der Waals surface area contributed by atoms with E-state index in [-0.39, 0.29) is 5.69 Å². The van der Waals surface area contributed by atoms with Gasteiger partial charge in [0.2, 0.25) is 0 Å². The summed E-state index contributed by atoms with van der Waals surface area (Å²) < 4.78 is 10.2. The van der Waals surface area contributed by atoms with Crippen LogP contribution < -0.4 is 9.47 Å². The third-order valence-corrected chi connectivity index (χ3v) is 2.31. The van der Waals surface area contributed by atoms with E-state index in [0.29, 0.717) is 22.4 Å². The molecular formula is C11H10N2O4. The van der Waals surface area contributed by atoms with Crippen LogP contribution in [0.25, 0.3) is 10.9 Å². The Balaban J connectivity index is 2.66. The van der Waals surface area contributed by atoms with Gasteiger partial charge in [-0.25, -0.2) is 4.79 Å². The van der Waals surface area contributed by atoms with Gasteiger partial charge in [0.1, 0.15) is 0 Å². The van der Waals surface area contributed by atoms with Crippen LogP contribution in [-0.4, -0.2) is 35.5 Å². The van der Waals surface area contributed by atoms with Gasteiger partial charge in [0.25, 0.3) is 0 Å². The van der Waals surface area contributed by atoms with Crippen molar-refractivity contribution in [1.82, 2.24) is 10.2 Å². The number of hydrogen-bond acceptors (Lipinski definition) is 5. The lowest BCUT2D eigenvalue weighted by Crippen LogP contribution is -2.02. The van der Waals surface area contributed by atoms with Crippen molar-refractivity contribution >= 4 is 16.9 Å². The first-order valence-electron chi connectivity index (χ1n) is 4.78. The standard InChI is InChI=1S/C11H10N2O4/c1-16-9-4-6-3-8(11(14)15)13-12-7(6)5-10(9)17-2/h3-5H,1-2H3,(H,14,15). The minimum Gasteiger partial charge on any atom is -0.493 e. The molecule has 0 atom stereocenters. The van der Waals surface area contributed by atoms with E-state index in [1.54, 1.807) is 12.1 Å². The molecule has 0 bridgehead atoms. The number of nitrogens with zero attached hydrogens (tertiary/aromatic N) is 2. The van der Waals surface area contributed by atoms with E-state index in [0.717, 1.165) is 0 Å². The normalized spacial score (nSPS) is 10.2. The van der Waals surface area contributed by atoms with Gasteiger partial charge in [-0.2, -0.15) is 0 Å². The number of methoxy groups -OCH3 is 2. The molecule has 0 saturated carbocycles. The molecule has 1 N–H and O–H groups in total. The molecule has 0 saturated heterocycles. The predicted octanol–water partition coefficient (Wildman–Crippen LogP) is 1.35. The van der Waals surface area contributed by atoms with Crippen molar-refractivity contribution in [3.05, 3.63) is 23.9 Å². The summed E-state index contributed by atoms with van der Waals surface area (Å²) in [5.41, 5.74) is 0.442. The number of carboxylic acid groups (broad SMARTS) is 1. The number of hydrogen-bond donors (Lipinski definition) is 1. The van der Waals surface area contributed by atoms with Crippen LogP contribution in [0.2, 0.25) is 0 Å². The monoisotopic (exact) mass is 234 g/mol. The van der Waals surface area contributed by atoms with Crippen LogP contribution >= 0.6 is 0 Å². The smallest absolute Gasteiger partial charge is 0.356 e. The summed E-state index contributed by atoms with van der Waals surface area (Å²) in [6.45, 7) is 0. The number of aromatic carboxylic acids is 1. The summed E-state index contributed by atoms with van der Waals surface area (Å²) in [6, 6.07) is 4.74. The van der Waals surface area contributed by atoms with Crippen molar-refractivity contribution < 1.29 is 19.4 Å². The van der Waals surface area contributed by atoms with E-state index in [4.69, 9.17) is 14.6 Å². The summed E-state index contributed by atoms with van der Waals surface area (Å²) in [5, 5.41) is 16.9. The first kappa shape index (κ1) is 11.1. The minimum absolute atomic E-state index is 0.107. The van der Waals surface area contributed by atoms with Crippen LogP contribution in [0.1, 0.15) is 10.5 Å². The molecule has 6 heteroatoms. The lowest BCUT2D eigenvalue weighted by atomic mass is 10.2. The lowest BCUT2D eigenvalue weighted by molar-refractivity contribution is 0.0689. The Hall–Kier alpha value is -2.37. The zero-order valence-electron chi connectivity index (χ0n) is 9.30. The van der Waals surface area contributed by atoms with E-state index >= 15 is 0 Å². The SMILES string of the molecule is COc1cc2cc(C(=O)O)nnc2cc1OC. The van der Waals surface area contributed by atoms with Gasteiger partial charge >= 0.3 is 5.97 Å². The van der Waals surface area contributed by atoms with Crippen LogP contribution in [0.15, 0.2) is 18.2 Å². The maximum Gasteiger partial charge on any atom is 0.356 e. The number of carbonyl (C=O) groups is 1. The van der Waals surface area contributed by atoms with Crippen molar-refractivity contribution in [2.24, 2.45) is 0 Å². The Morgan fingerprint density at radius 2 is 1.76 bits per heavy atom. The second kappa shape index (κ2) is 4.25. The Morgan fingerprint density at radius 3 is 2.35 bits per heavy atom.